The molecular weight excluding hydrogens is 232 g/mol. The van der Waals surface area contributed by atoms with Gasteiger partial charge in [-0.15, -0.1) is 0 Å². The van der Waals surface area contributed by atoms with Gasteiger partial charge in [0.05, 0.1) is 0 Å². The van der Waals surface area contributed by atoms with Crippen LogP contribution in [0.1, 0.15) is 44.6 Å². The molecule has 1 atom stereocenters. The van der Waals surface area contributed by atoms with Crippen molar-refractivity contribution in [2.75, 3.05) is 24.5 Å². The van der Waals surface area contributed by atoms with Crippen LogP contribution in [0.25, 0.3) is 0 Å². The van der Waals surface area contributed by atoms with Crippen LogP contribution in [0.3, 0.4) is 0 Å². The molecule has 0 saturated carbocycles. The van der Waals surface area contributed by atoms with Gasteiger partial charge in [-0.05, 0) is 49.8 Å². The second-order valence-electron chi connectivity index (χ2n) is 5.74. The number of nitrogens with two attached hydrogens (primary N) is 1. The summed E-state index contributed by atoms with van der Waals surface area (Å²) in [5.74, 6) is 0.841. The van der Waals surface area contributed by atoms with Crippen molar-refractivity contribution in [2.24, 2.45) is 11.7 Å². The van der Waals surface area contributed by atoms with E-state index in [1.165, 1.54) is 62.9 Å². The summed E-state index contributed by atoms with van der Waals surface area (Å²) in [6, 6.07) is 8.85. The molecule has 0 bridgehead atoms. The van der Waals surface area contributed by atoms with E-state index in [0.717, 1.165) is 12.5 Å². The van der Waals surface area contributed by atoms with E-state index in [0.29, 0.717) is 0 Å². The third kappa shape index (κ3) is 3.97. The van der Waals surface area contributed by atoms with Gasteiger partial charge in [0.1, 0.15) is 0 Å². The zero-order chi connectivity index (χ0) is 13.5. The number of hydrogen-bond acceptors (Lipinski definition) is 2. The first kappa shape index (κ1) is 14.4. The Morgan fingerprint density at radius 2 is 2.05 bits per heavy atom. The lowest BCUT2D eigenvalue weighted by Crippen LogP contribution is -2.22. The summed E-state index contributed by atoms with van der Waals surface area (Å²) in [6.45, 7) is 5.54. The van der Waals surface area contributed by atoms with E-state index in [9.17, 15) is 0 Å². The second kappa shape index (κ2) is 7.54. The van der Waals surface area contributed by atoms with E-state index in [1.807, 2.05) is 0 Å². The molecule has 0 spiro atoms. The Kier molecular flexibility index (Phi) is 5.71. The highest BCUT2D eigenvalue weighted by Gasteiger charge is 2.17. The first-order valence-corrected chi connectivity index (χ1v) is 7.88. The van der Waals surface area contributed by atoms with Crippen LogP contribution in [0.4, 0.5) is 5.69 Å². The SMILES string of the molecule is CCCC(CCN)CCCN1CCc2ccccc21. The molecule has 2 nitrogen and oxygen atoms in total. The molecule has 19 heavy (non-hydrogen) atoms. The van der Waals surface area contributed by atoms with Gasteiger partial charge in [-0.3, -0.25) is 0 Å². The quantitative estimate of drug-likeness (QED) is 0.774. The van der Waals surface area contributed by atoms with Gasteiger partial charge < -0.3 is 10.6 Å². The Morgan fingerprint density at radius 3 is 2.84 bits per heavy atom. The highest BCUT2D eigenvalue weighted by atomic mass is 15.1. The van der Waals surface area contributed by atoms with Crippen LogP contribution >= 0.6 is 0 Å². The molecule has 1 aliphatic rings. The van der Waals surface area contributed by atoms with Crippen LogP contribution < -0.4 is 10.6 Å². The Bertz CT molecular complexity index is 369. The van der Waals surface area contributed by atoms with E-state index in [4.69, 9.17) is 5.73 Å². The molecule has 2 rings (SSSR count). The average Bonchev–Trinajstić information content (AvgIpc) is 2.83. The Balaban J connectivity index is 1.77. The summed E-state index contributed by atoms with van der Waals surface area (Å²) < 4.78 is 0. The number of anilines is 1. The molecule has 0 aromatic heterocycles. The zero-order valence-electron chi connectivity index (χ0n) is 12.3. The summed E-state index contributed by atoms with van der Waals surface area (Å²) in [5, 5.41) is 0. The minimum atomic E-state index is 0.841. The molecule has 1 aromatic carbocycles. The van der Waals surface area contributed by atoms with Gasteiger partial charge in [0.25, 0.3) is 0 Å². The number of nitrogens with zero attached hydrogens (tertiary/aromatic N) is 1. The summed E-state index contributed by atoms with van der Waals surface area (Å²) in [7, 11) is 0. The first-order chi connectivity index (χ1) is 9.35. The molecule has 2 heteroatoms. The van der Waals surface area contributed by atoms with Crippen molar-refractivity contribution >= 4 is 5.69 Å². The number of hydrogen-bond donors (Lipinski definition) is 1. The topological polar surface area (TPSA) is 29.3 Å². The Morgan fingerprint density at radius 1 is 1.21 bits per heavy atom. The van der Waals surface area contributed by atoms with Crippen molar-refractivity contribution in [1.82, 2.24) is 0 Å². The average molecular weight is 260 g/mol. The molecule has 0 fully saturated rings. The van der Waals surface area contributed by atoms with E-state index in [2.05, 4.69) is 36.1 Å². The predicted molar refractivity (Wildman–Crippen MR) is 83.7 cm³/mol. The summed E-state index contributed by atoms with van der Waals surface area (Å²) in [5.41, 5.74) is 8.70. The van der Waals surface area contributed by atoms with Crippen LogP contribution in [-0.2, 0) is 6.42 Å². The number of benzene rings is 1. The van der Waals surface area contributed by atoms with E-state index < -0.39 is 0 Å². The van der Waals surface area contributed by atoms with Crippen molar-refractivity contribution < 1.29 is 0 Å². The molecule has 1 aromatic rings. The molecule has 2 N–H and O–H groups in total. The Labute approximate surface area is 118 Å². The fraction of sp³-hybridized carbons (Fsp3) is 0.647. The minimum Gasteiger partial charge on any atom is -0.371 e. The van der Waals surface area contributed by atoms with E-state index >= 15 is 0 Å². The highest BCUT2D eigenvalue weighted by molar-refractivity contribution is 5.57. The fourth-order valence-corrected chi connectivity index (χ4v) is 3.29. The predicted octanol–water partition coefficient (Wildman–Crippen LogP) is 3.59. The molecular formula is C17H28N2. The molecule has 1 heterocycles. The van der Waals surface area contributed by atoms with Crippen LogP contribution in [0.5, 0.6) is 0 Å². The van der Waals surface area contributed by atoms with E-state index in [-0.39, 0.29) is 0 Å². The van der Waals surface area contributed by atoms with Gasteiger partial charge in [-0.1, -0.05) is 38.0 Å². The molecule has 1 unspecified atom stereocenters. The fourth-order valence-electron chi connectivity index (χ4n) is 3.29. The Hall–Kier alpha value is -1.02. The summed E-state index contributed by atoms with van der Waals surface area (Å²) in [4.78, 5) is 2.56. The molecule has 106 valence electrons. The summed E-state index contributed by atoms with van der Waals surface area (Å²) in [6.07, 6.45) is 7.69. The first-order valence-electron chi connectivity index (χ1n) is 7.88. The molecule has 0 aliphatic carbocycles. The minimum absolute atomic E-state index is 0.841. The van der Waals surface area contributed by atoms with Crippen LogP contribution in [-0.4, -0.2) is 19.6 Å². The van der Waals surface area contributed by atoms with Crippen molar-refractivity contribution in [2.45, 2.75) is 45.4 Å². The smallest absolute Gasteiger partial charge is 0.0399 e. The number of rotatable bonds is 8. The lowest BCUT2D eigenvalue weighted by atomic mass is 9.94. The van der Waals surface area contributed by atoms with Gasteiger partial charge in [0.15, 0.2) is 0 Å². The van der Waals surface area contributed by atoms with Gasteiger partial charge in [0.2, 0.25) is 0 Å². The summed E-state index contributed by atoms with van der Waals surface area (Å²) >= 11 is 0. The molecule has 0 saturated heterocycles. The normalized spacial score (nSPS) is 15.6. The van der Waals surface area contributed by atoms with Gasteiger partial charge in [-0.25, -0.2) is 0 Å². The van der Waals surface area contributed by atoms with Crippen molar-refractivity contribution in [3.8, 4) is 0 Å². The van der Waals surface area contributed by atoms with Crippen LogP contribution in [0.2, 0.25) is 0 Å². The third-order valence-electron chi connectivity index (χ3n) is 4.30. The zero-order valence-corrected chi connectivity index (χ0v) is 12.3. The molecule has 0 amide bonds. The lowest BCUT2D eigenvalue weighted by Gasteiger charge is -2.21. The third-order valence-corrected chi connectivity index (χ3v) is 4.30. The maximum atomic E-state index is 5.71. The van der Waals surface area contributed by atoms with Crippen LogP contribution in [0, 0.1) is 5.92 Å². The molecule has 1 aliphatic heterocycles. The second-order valence-corrected chi connectivity index (χ2v) is 5.74. The van der Waals surface area contributed by atoms with Crippen molar-refractivity contribution in [1.29, 1.82) is 0 Å². The van der Waals surface area contributed by atoms with Crippen molar-refractivity contribution in [3.05, 3.63) is 29.8 Å². The largest absolute Gasteiger partial charge is 0.371 e. The molecule has 0 radical (unpaired) electrons. The highest BCUT2D eigenvalue weighted by Crippen LogP contribution is 2.28. The van der Waals surface area contributed by atoms with Gasteiger partial charge in [0, 0.05) is 18.8 Å². The van der Waals surface area contributed by atoms with Gasteiger partial charge >= 0.3 is 0 Å². The number of para-hydroxylation sites is 1. The lowest BCUT2D eigenvalue weighted by molar-refractivity contribution is 0.410. The van der Waals surface area contributed by atoms with Gasteiger partial charge in [-0.2, -0.15) is 0 Å². The number of fused-ring (bicyclic) bond motifs is 1. The van der Waals surface area contributed by atoms with Crippen LogP contribution in [0.15, 0.2) is 24.3 Å². The maximum absolute atomic E-state index is 5.71. The monoisotopic (exact) mass is 260 g/mol. The van der Waals surface area contributed by atoms with Crippen molar-refractivity contribution in [3.63, 3.8) is 0 Å². The standard InChI is InChI=1S/C17H28N2/c1-2-6-15(10-12-18)7-5-13-19-14-11-16-8-3-4-9-17(16)19/h3-4,8-9,15H,2,5-7,10-14,18H2,1H3. The maximum Gasteiger partial charge on any atom is 0.0399 e. The van der Waals surface area contributed by atoms with E-state index in [1.54, 1.807) is 0 Å².